The van der Waals surface area contributed by atoms with Crippen molar-refractivity contribution in [1.82, 2.24) is 4.72 Å². The van der Waals surface area contributed by atoms with Gasteiger partial charge in [-0.2, -0.15) is 0 Å². The van der Waals surface area contributed by atoms with Gasteiger partial charge in [0.15, 0.2) is 0 Å². The van der Waals surface area contributed by atoms with E-state index in [1.54, 1.807) is 20.8 Å². The van der Waals surface area contributed by atoms with Gasteiger partial charge in [0.05, 0.1) is 4.75 Å². The number of nitrogens with two attached hydrogens (primary N) is 1. The summed E-state index contributed by atoms with van der Waals surface area (Å²) in [5, 5.41) is 0. The van der Waals surface area contributed by atoms with E-state index < -0.39 is 14.8 Å². The Labute approximate surface area is 103 Å². The number of rotatable bonds is 4. The van der Waals surface area contributed by atoms with Crippen LogP contribution in [-0.2, 0) is 23.1 Å². The van der Waals surface area contributed by atoms with Crippen LogP contribution in [0.25, 0.3) is 0 Å². The van der Waals surface area contributed by atoms with Gasteiger partial charge in [0.1, 0.15) is 0 Å². The molecule has 0 spiro atoms. The molecule has 0 aliphatic heterocycles. The summed E-state index contributed by atoms with van der Waals surface area (Å²) in [6.07, 6.45) is 0. The zero-order valence-electron chi connectivity index (χ0n) is 10.5. The van der Waals surface area contributed by atoms with Crippen molar-refractivity contribution in [2.45, 2.75) is 38.6 Å². The predicted octanol–water partition coefficient (Wildman–Crippen LogP) is 1.36. The molecule has 0 aliphatic carbocycles. The Bertz CT molecular complexity index is 476. The summed E-state index contributed by atoms with van der Waals surface area (Å²) >= 11 is 0. The maximum atomic E-state index is 11.9. The third-order valence-corrected chi connectivity index (χ3v) is 4.73. The fraction of sp³-hybridized carbons (Fsp3) is 0.500. The second-order valence-corrected chi connectivity index (χ2v) is 7.43. The van der Waals surface area contributed by atoms with Crippen LogP contribution in [0.3, 0.4) is 0 Å². The minimum atomic E-state index is -3.31. The lowest BCUT2D eigenvalue weighted by molar-refractivity contribution is 0.544. The molecule has 0 unspecified atom stereocenters. The molecule has 3 N–H and O–H groups in total. The first-order chi connectivity index (χ1) is 7.78. The Hall–Kier alpha value is -0.910. The van der Waals surface area contributed by atoms with Crippen molar-refractivity contribution < 1.29 is 8.42 Å². The van der Waals surface area contributed by atoms with Gasteiger partial charge in [-0.25, -0.2) is 13.1 Å². The lowest BCUT2D eigenvalue weighted by atomic mass is 10.1. The number of sulfonamides is 1. The quantitative estimate of drug-likeness (QED) is 0.854. The molecule has 0 saturated carbocycles. The first kappa shape index (κ1) is 14.2. The molecule has 1 rings (SSSR count). The molecule has 1 aromatic rings. The molecule has 0 aliphatic rings. The summed E-state index contributed by atoms with van der Waals surface area (Å²) in [5.41, 5.74) is 7.48. The normalized spacial score (nSPS) is 12.7. The molecule has 0 radical (unpaired) electrons. The Balaban J connectivity index is 2.82. The van der Waals surface area contributed by atoms with Crippen molar-refractivity contribution in [3.63, 3.8) is 0 Å². The van der Waals surface area contributed by atoms with E-state index in [1.807, 2.05) is 24.3 Å². The van der Waals surface area contributed by atoms with Crippen LogP contribution in [0.4, 0.5) is 0 Å². The number of hydrogen-bond acceptors (Lipinski definition) is 3. The van der Waals surface area contributed by atoms with Gasteiger partial charge < -0.3 is 5.73 Å². The number of hydrogen-bond donors (Lipinski definition) is 2. The molecule has 96 valence electrons. The van der Waals surface area contributed by atoms with Gasteiger partial charge >= 0.3 is 0 Å². The third-order valence-electron chi connectivity index (χ3n) is 2.60. The Morgan fingerprint density at radius 3 is 2.18 bits per heavy atom. The zero-order valence-corrected chi connectivity index (χ0v) is 11.3. The van der Waals surface area contributed by atoms with E-state index in [1.165, 1.54) is 0 Å². The van der Waals surface area contributed by atoms with Gasteiger partial charge in [-0.3, -0.25) is 0 Å². The summed E-state index contributed by atoms with van der Waals surface area (Å²) in [7, 11) is -3.31. The highest BCUT2D eigenvalue weighted by atomic mass is 32.2. The first-order valence-electron chi connectivity index (χ1n) is 5.54. The molecule has 0 fully saturated rings. The van der Waals surface area contributed by atoms with Crippen molar-refractivity contribution in [3.8, 4) is 0 Å². The average molecular weight is 256 g/mol. The van der Waals surface area contributed by atoms with E-state index in [0.717, 1.165) is 11.1 Å². The molecule has 17 heavy (non-hydrogen) atoms. The molecule has 0 amide bonds. The largest absolute Gasteiger partial charge is 0.326 e. The monoisotopic (exact) mass is 256 g/mol. The molecule has 0 heterocycles. The van der Waals surface area contributed by atoms with E-state index in [9.17, 15) is 8.42 Å². The molecule has 4 nitrogen and oxygen atoms in total. The van der Waals surface area contributed by atoms with E-state index in [4.69, 9.17) is 5.73 Å². The van der Waals surface area contributed by atoms with Crippen LogP contribution in [0.5, 0.6) is 0 Å². The SMILES string of the molecule is CC(C)(C)S(=O)(=O)NCc1ccccc1CN. The standard InChI is InChI=1S/C12H20N2O2S/c1-12(2,3)17(15,16)14-9-11-7-5-4-6-10(11)8-13/h4-7,14H,8-9,13H2,1-3H3. The van der Waals surface area contributed by atoms with Gasteiger partial charge in [-0.1, -0.05) is 24.3 Å². The Morgan fingerprint density at radius 2 is 1.71 bits per heavy atom. The minimum absolute atomic E-state index is 0.285. The van der Waals surface area contributed by atoms with Crippen molar-refractivity contribution >= 4 is 10.0 Å². The topological polar surface area (TPSA) is 72.2 Å². The molecule has 0 atom stereocenters. The van der Waals surface area contributed by atoms with Crippen LogP contribution < -0.4 is 10.5 Å². The highest BCUT2D eigenvalue weighted by molar-refractivity contribution is 7.90. The fourth-order valence-corrected chi connectivity index (χ4v) is 2.10. The van der Waals surface area contributed by atoms with E-state index in [0.29, 0.717) is 6.54 Å². The molecule has 5 heteroatoms. The maximum Gasteiger partial charge on any atom is 0.216 e. The van der Waals surface area contributed by atoms with Gasteiger partial charge in [-0.15, -0.1) is 0 Å². The highest BCUT2D eigenvalue weighted by Gasteiger charge is 2.28. The van der Waals surface area contributed by atoms with E-state index in [2.05, 4.69) is 4.72 Å². The second-order valence-electron chi connectivity index (χ2n) is 4.91. The smallest absolute Gasteiger partial charge is 0.216 e. The summed E-state index contributed by atoms with van der Waals surface area (Å²) in [5.74, 6) is 0. The van der Waals surface area contributed by atoms with Gasteiger partial charge in [0.2, 0.25) is 10.0 Å². The number of benzene rings is 1. The van der Waals surface area contributed by atoms with Crippen LogP contribution in [0, 0.1) is 0 Å². The van der Waals surface area contributed by atoms with Gasteiger partial charge in [-0.05, 0) is 31.9 Å². The molecular formula is C12H20N2O2S. The molecule has 0 saturated heterocycles. The average Bonchev–Trinajstić information content (AvgIpc) is 2.25. The summed E-state index contributed by atoms with van der Waals surface area (Å²) in [6.45, 7) is 5.71. The second kappa shape index (κ2) is 5.16. The molecule has 0 aromatic heterocycles. The predicted molar refractivity (Wildman–Crippen MR) is 69.8 cm³/mol. The van der Waals surface area contributed by atoms with E-state index >= 15 is 0 Å². The Kier molecular flexibility index (Phi) is 4.30. The van der Waals surface area contributed by atoms with Crippen molar-refractivity contribution in [2.75, 3.05) is 0 Å². The van der Waals surface area contributed by atoms with Crippen molar-refractivity contribution in [1.29, 1.82) is 0 Å². The zero-order chi connectivity index (χ0) is 13.1. The van der Waals surface area contributed by atoms with E-state index in [-0.39, 0.29) is 6.54 Å². The van der Waals surface area contributed by atoms with Crippen molar-refractivity contribution in [2.24, 2.45) is 5.73 Å². The lowest BCUT2D eigenvalue weighted by Gasteiger charge is -2.20. The summed E-state index contributed by atoms with van der Waals surface area (Å²) in [4.78, 5) is 0. The van der Waals surface area contributed by atoms with Gasteiger partial charge in [0, 0.05) is 13.1 Å². The van der Waals surface area contributed by atoms with Crippen LogP contribution in [0.15, 0.2) is 24.3 Å². The first-order valence-corrected chi connectivity index (χ1v) is 7.02. The highest BCUT2D eigenvalue weighted by Crippen LogP contribution is 2.15. The summed E-state index contributed by atoms with van der Waals surface area (Å²) in [6, 6.07) is 7.55. The maximum absolute atomic E-state index is 11.9. The molecule has 0 bridgehead atoms. The molecule has 1 aromatic carbocycles. The van der Waals surface area contributed by atoms with Crippen LogP contribution >= 0.6 is 0 Å². The molecular weight excluding hydrogens is 236 g/mol. The Morgan fingerprint density at radius 1 is 1.18 bits per heavy atom. The van der Waals surface area contributed by atoms with Crippen molar-refractivity contribution in [3.05, 3.63) is 35.4 Å². The fourth-order valence-electron chi connectivity index (χ4n) is 1.32. The lowest BCUT2D eigenvalue weighted by Crippen LogP contribution is -2.39. The van der Waals surface area contributed by atoms with Crippen LogP contribution in [0.2, 0.25) is 0 Å². The minimum Gasteiger partial charge on any atom is -0.326 e. The summed E-state index contributed by atoms with van der Waals surface area (Å²) < 4.78 is 25.6. The number of nitrogens with one attached hydrogen (secondary N) is 1. The third kappa shape index (κ3) is 3.52. The van der Waals surface area contributed by atoms with Crippen LogP contribution in [0.1, 0.15) is 31.9 Å². The van der Waals surface area contributed by atoms with Gasteiger partial charge in [0.25, 0.3) is 0 Å². The van der Waals surface area contributed by atoms with Crippen LogP contribution in [-0.4, -0.2) is 13.2 Å².